The van der Waals surface area contributed by atoms with Crippen molar-refractivity contribution in [2.24, 2.45) is 11.3 Å². The van der Waals surface area contributed by atoms with Crippen LogP contribution in [0.4, 0.5) is 9.59 Å². The fourth-order valence-corrected chi connectivity index (χ4v) is 1.82. The van der Waals surface area contributed by atoms with Gasteiger partial charge < -0.3 is 5.32 Å². The highest BCUT2D eigenvalue weighted by molar-refractivity contribution is 6.00. The molecule has 0 saturated carbocycles. The average Bonchev–Trinajstić information content (AvgIpc) is 2.40. The number of nitrogens with zero attached hydrogens (tertiary/aromatic N) is 2. The van der Waals surface area contributed by atoms with Crippen LogP contribution in [0.25, 0.3) is 0 Å². The molecule has 0 saturated heterocycles. The first-order valence-electron chi connectivity index (χ1n) is 7.54. The molecule has 0 aliphatic heterocycles. The summed E-state index contributed by atoms with van der Waals surface area (Å²) < 4.78 is 0. The van der Waals surface area contributed by atoms with Crippen molar-refractivity contribution in [3.63, 3.8) is 0 Å². The molecule has 0 unspecified atom stereocenters. The summed E-state index contributed by atoms with van der Waals surface area (Å²) in [6.07, 6.45) is 1.48. The van der Waals surface area contributed by atoms with Crippen molar-refractivity contribution in [2.45, 2.75) is 53.9 Å². The second-order valence-electron chi connectivity index (χ2n) is 6.98. The standard InChI is InChI=1S/C15H29N3O4/c1-11(2)8-7-9-12(19)18(22)14(21)17(13(20)16-6)10-15(3,4)5/h11,22H,7-10H2,1-6H3,(H,16,20). The number of nitrogens with one attached hydrogen (secondary N) is 1. The second kappa shape index (κ2) is 8.73. The predicted octanol–water partition coefficient (Wildman–Crippen LogP) is 2.84. The number of rotatable bonds is 5. The van der Waals surface area contributed by atoms with Gasteiger partial charge in [0.25, 0.3) is 5.91 Å². The van der Waals surface area contributed by atoms with Crippen LogP contribution in [0, 0.1) is 11.3 Å². The minimum Gasteiger partial charge on any atom is -0.341 e. The molecule has 0 spiro atoms. The van der Waals surface area contributed by atoms with Gasteiger partial charge in [0.1, 0.15) is 0 Å². The van der Waals surface area contributed by atoms with E-state index in [0.29, 0.717) is 12.3 Å². The Morgan fingerprint density at radius 1 is 1.18 bits per heavy atom. The van der Waals surface area contributed by atoms with Gasteiger partial charge in [0, 0.05) is 20.0 Å². The van der Waals surface area contributed by atoms with Gasteiger partial charge in [0.15, 0.2) is 0 Å². The zero-order valence-corrected chi connectivity index (χ0v) is 14.5. The molecule has 0 rings (SSSR count). The molecule has 0 atom stereocenters. The summed E-state index contributed by atoms with van der Waals surface area (Å²) in [4.78, 5) is 36.7. The molecule has 0 fully saturated rings. The number of hydrogen-bond donors (Lipinski definition) is 2. The SMILES string of the molecule is CNC(=O)N(CC(C)(C)C)C(=O)N(O)C(=O)CCCC(C)C. The summed E-state index contributed by atoms with van der Waals surface area (Å²) in [5, 5.41) is 12.2. The van der Waals surface area contributed by atoms with Crippen molar-refractivity contribution in [3.8, 4) is 0 Å². The smallest absolute Gasteiger partial charge is 0.341 e. The Balaban J connectivity index is 4.83. The lowest BCUT2D eigenvalue weighted by Gasteiger charge is -2.29. The van der Waals surface area contributed by atoms with Crippen LogP contribution in [-0.4, -0.2) is 46.7 Å². The van der Waals surface area contributed by atoms with Crippen LogP contribution in [0.1, 0.15) is 53.9 Å². The lowest BCUT2D eigenvalue weighted by Crippen LogP contribution is -2.52. The minimum atomic E-state index is -1.02. The first kappa shape index (κ1) is 20.4. The highest BCUT2D eigenvalue weighted by Crippen LogP contribution is 2.17. The third-order valence-corrected chi connectivity index (χ3v) is 2.91. The van der Waals surface area contributed by atoms with Gasteiger partial charge in [-0.3, -0.25) is 10.0 Å². The summed E-state index contributed by atoms with van der Waals surface area (Å²) in [6.45, 7) is 9.70. The number of carbonyl (C=O) groups excluding carboxylic acids is 3. The van der Waals surface area contributed by atoms with E-state index in [1.807, 2.05) is 34.6 Å². The van der Waals surface area contributed by atoms with Crippen LogP contribution in [0.5, 0.6) is 0 Å². The van der Waals surface area contributed by atoms with Gasteiger partial charge in [-0.2, -0.15) is 0 Å². The minimum absolute atomic E-state index is 0.0430. The summed E-state index contributed by atoms with van der Waals surface area (Å²) in [5.74, 6) is -0.257. The van der Waals surface area contributed by atoms with Crippen LogP contribution in [0.15, 0.2) is 0 Å². The Bertz CT molecular complexity index is 402. The molecule has 7 heteroatoms. The van der Waals surface area contributed by atoms with Crippen molar-refractivity contribution in [1.82, 2.24) is 15.3 Å². The summed E-state index contributed by atoms with van der Waals surface area (Å²) in [6, 6.07) is -1.68. The molecular formula is C15H29N3O4. The maximum Gasteiger partial charge on any atom is 0.359 e. The van der Waals surface area contributed by atoms with Crippen molar-refractivity contribution >= 4 is 18.0 Å². The van der Waals surface area contributed by atoms with Gasteiger partial charge in [-0.05, 0) is 17.8 Å². The van der Waals surface area contributed by atoms with Gasteiger partial charge in [0.05, 0.1) is 0 Å². The number of imide groups is 2. The molecule has 22 heavy (non-hydrogen) atoms. The topological polar surface area (TPSA) is 90.0 Å². The summed E-state index contributed by atoms with van der Waals surface area (Å²) in [5.41, 5.74) is -0.357. The number of urea groups is 2. The average molecular weight is 315 g/mol. The van der Waals surface area contributed by atoms with Crippen LogP contribution >= 0.6 is 0 Å². The largest absolute Gasteiger partial charge is 0.359 e. The lowest BCUT2D eigenvalue weighted by molar-refractivity contribution is -0.154. The molecule has 0 aliphatic rings. The monoisotopic (exact) mass is 315 g/mol. The van der Waals surface area contributed by atoms with Gasteiger partial charge in [-0.1, -0.05) is 41.0 Å². The van der Waals surface area contributed by atoms with Crippen LogP contribution in [0.2, 0.25) is 0 Å². The molecule has 2 N–H and O–H groups in total. The molecule has 0 bridgehead atoms. The van der Waals surface area contributed by atoms with Gasteiger partial charge in [-0.25, -0.2) is 14.5 Å². The number of carbonyl (C=O) groups is 3. The van der Waals surface area contributed by atoms with Crippen molar-refractivity contribution < 1.29 is 19.6 Å². The second-order valence-corrected chi connectivity index (χ2v) is 6.98. The fourth-order valence-electron chi connectivity index (χ4n) is 1.82. The normalized spacial score (nSPS) is 11.3. The van der Waals surface area contributed by atoms with Gasteiger partial charge in [0.2, 0.25) is 0 Å². The predicted molar refractivity (Wildman–Crippen MR) is 83.3 cm³/mol. The number of hydrogen-bond acceptors (Lipinski definition) is 4. The van der Waals surface area contributed by atoms with E-state index in [0.717, 1.165) is 11.3 Å². The first-order chi connectivity index (χ1) is 9.99. The Labute approximate surface area is 132 Å². The van der Waals surface area contributed by atoms with Crippen molar-refractivity contribution in [2.75, 3.05) is 13.6 Å². The van der Waals surface area contributed by atoms with Crippen LogP contribution < -0.4 is 5.32 Å². The van der Waals surface area contributed by atoms with E-state index in [9.17, 15) is 19.6 Å². The van der Waals surface area contributed by atoms with E-state index >= 15 is 0 Å². The maximum absolute atomic E-state index is 12.2. The molecule has 7 nitrogen and oxygen atoms in total. The lowest BCUT2D eigenvalue weighted by atomic mass is 9.96. The van der Waals surface area contributed by atoms with Crippen LogP contribution in [-0.2, 0) is 4.79 Å². The molecule has 128 valence electrons. The van der Waals surface area contributed by atoms with E-state index in [1.54, 1.807) is 0 Å². The molecule has 0 aromatic rings. The molecule has 0 radical (unpaired) electrons. The molecule has 5 amide bonds. The summed E-state index contributed by atoms with van der Waals surface area (Å²) in [7, 11) is 1.39. The van der Waals surface area contributed by atoms with E-state index < -0.39 is 18.0 Å². The molecule has 0 aromatic carbocycles. The first-order valence-corrected chi connectivity index (χ1v) is 7.54. The molecular weight excluding hydrogens is 286 g/mol. The van der Waals surface area contributed by atoms with E-state index in [1.165, 1.54) is 7.05 Å². The van der Waals surface area contributed by atoms with Gasteiger partial charge >= 0.3 is 12.1 Å². The van der Waals surface area contributed by atoms with Crippen molar-refractivity contribution in [1.29, 1.82) is 0 Å². The highest BCUT2D eigenvalue weighted by Gasteiger charge is 2.32. The Kier molecular flexibility index (Phi) is 8.08. The molecule has 0 aliphatic carbocycles. The Morgan fingerprint density at radius 2 is 1.73 bits per heavy atom. The Morgan fingerprint density at radius 3 is 2.14 bits per heavy atom. The van der Waals surface area contributed by atoms with E-state index in [2.05, 4.69) is 5.32 Å². The molecule has 0 aromatic heterocycles. The zero-order chi connectivity index (χ0) is 17.5. The van der Waals surface area contributed by atoms with E-state index in [-0.39, 0.29) is 23.4 Å². The quantitative estimate of drug-likeness (QED) is 0.603. The third-order valence-electron chi connectivity index (χ3n) is 2.91. The zero-order valence-electron chi connectivity index (χ0n) is 14.5. The highest BCUT2D eigenvalue weighted by atomic mass is 16.5. The number of amides is 5. The van der Waals surface area contributed by atoms with Crippen molar-refractivity contribution in [3.05, 3.63) is 0 Å². The fraction of sp³-hybridized carbons (Fsp3) is 0.800. The van der Waals surface area contributed by atoms with E-state index in [4.69, 9.17) is 0 Å². The van der Waals surface area contributed by atoms with Crippen LogP contribution in [0.3, 0.4) is 0 Å². The van der Waals surface area contributed by atoms with Gasteiger partial charge in [-0.15, -0.1) is 5.06 Å². The Hall–Kier alpha value is -1.63. The number of hydroxylamine groups is 2. The maximum atomic E-state index is 12.2. The third kappa shape index (κ3) is 7.40. The summed E-state index contributed by atoms with van der Waals surface area (Å²) >= 11 is 0. The molecule has 0 heterocycles.